The van der Waals surface area contributed by atoms with Gasteiger partial charge in [-0.05, 0) is 18.6 Å². The zero-order valence-corrected chi connectivity index (χ0v) is 14.1. The van der Waals surface area contributed by atoms with Gasteiger partial charge in [-0.1, -0.05) is 41.2 Å². The first-order valence-corrected chi connectivity index (χ1v) is 8.06. The summed E-state index contributed by atoms with van der Waals surface area (Å²) in [6, 6.07) is 10.0. The van der Waals surface area contributed by atoms with Gasteiger partial charge in [-0.15, -0.1) is 0 Å². The number of rotatable bonds is 4. The largest absolute Gasteiger partial charge is 0.410 e. The molecule has 4 N–H and O–H groups in total. The number of nitrogens with two attached hydrogens (primary N) is 2. The third-order valence-electron chi connectivity index (χ3n) is 3.59. The smallest absolute Gasteiger partial charge is 0.397 e. The van der Waals surface area contributed by atoms with Crippen molar-refractivity contribution in [1.82, 2.24) is 4.98 Å². The molecule has 1 amide bonds. The van der Waals surface area contributed by atoms with Crippen molar-refractivity contribution in [3.8, 4) is 16.3 Å². The Morgan fingerprint density at radius 3 is 2.62 bits per heavy atom. The first-order chi connectivity index (χ1) is 11.5. The molecule has 0 saturated heterocycles. The Morgan fingerprint density at radius 2 is 2.00 bits per heavy atom. The van der Waals surface area contributed by atoms with Gasteiger partial charge in [-0.25, -0.2) is 9.78 Å². The number of aromatic nitrogens is 1. The maximum absolute atomic E-state index is 11.0. The number of nitrogen functional groups attached to an aromatic ring is 1. The number of amides is 1. The molecule has 2 aromatic heterocycles. The Bertz CT molecular complexity index is 904. The van der Waals surface area contributed by atoms with E-state index in [1.54, 1.807) is 7.11 Å². The summed E-state index contributed by atoms with van der Waals surface area (Å²) in [5.74, 6) is 0. The number of anilines is 1. The molecule has 0 saturated carbocycles. The lowest BCUT2D eigenvalue weighted by molar-refractivity contribution is 0.186. The molecule has 0 atom stereocenters. The van der Waals surface area contributed by atoms with E-state index in [0.29, 0.717) is 17.1 Å². The average molecular weight is 343 g/mol. The molecule has 0 fully saturated rings. The van der Waals surface area contributed by atoms with Gasteiger partial charge < -0.3 is 20.9 Å². The van der Waals surface area contributed by atoms with E-state index in [-0.39, 0.29) is 5.06 Å². The van der Waals surface area contributed by atoms with E-state index in [1.165, 1.54) is 16.9 Å². The number of primary amides is 1. The molecule has 7 heteroatoms. The SMILES string of the molecule is COCc1cc(-c2ccc(C)cc2)nc2sc(OC(N)=O)c(N)c12. The topological polar surface area (TPSA) is 100 Å². The van der Waals surface area contributed by atoms with Gasteiger partial charge in [0.2, 0.25) is 5.06 Å². The lowest BCUT2D eigenvalue weighted by atomic mass is 10.1. The van der Waals surface area contributed by atoms with Crippen molar-refractivity contribution in [3.63, 3.8) is 0 Å². The fourth-order valence-corrected chi connectivity index (χ4v) is 3.49. The normalized spacial score (nSPS) is 10.9. The maximum Gasteiger partial charge on any atom is 0.410 e. The Morgan fingerprint density at radius 1 is 1.29 bits per heavy atom. The second-order valence-corrected chi connectivity index (χ2v) is 6.33. The molecule has 2 heterocycles. The van der Waals surface area contributed by atoms with Crippen LogP contribution in [0, 0.1) is 6.92 Å². The highest BCUT2D eigenvalue weighted by molar-refractivity contribution is 7.21. The summed E-state index contributed by atoms with van der Waals surface area (Å²) < 4.78 is 10.3. The summed E-state index contributed by atoms with van der Waals surface area (Å²) in [7, 11) is 1.61. The third kappa shape index (κ3) is 3.04. The van der Waals surface area contributed by atoms with Gasteiger partial charge in [0.15, 0.2) is 0 Å². The van der Waals surface area contributed by atoms with Gasteiger partial charge in [0, 0.05) is 18.1 Å². The van der Waals surface area contributed by atoms with E-state index in [2.05, 4.69) is 4.98 Å². The number of carbonyl (C=O) groups is 1. The number of methoxy groups -OCH3 is 1. The number of aryl methyl sites for hydroxylation is 1. The number of fused-ring (bicyclic) bond motifs is 1. The minimum atomic E-state index is -0.902. The summed E-state index contributed by atoms with van der Waals surface area (Å²) in [5.41, 5.74) is 15.4. The van der Waals surface area contributed by atoms with Crippen molar-refractivity contribution in [3.05, 3.63) is 41.5 Å². The van der Waals surface area contributed by atoms with Gasteiger partial charge in [-0.2, -0.15) is 0 Å². The van der Waals surface area contributed by atoms with Crippen LogP contribution in [0.2, 0.25) is 0 Å². The Kier molecular flexibility index (Phi) is 4.37. The van der Waals surface area contributed by atoms with Crippen LogP contribution in [0.4, 0.5) is 10.5 Å². The average Bonchev–Trinajstić information content (AvgIpc) is 2.84. The van der Waals surface area contributed by atoms with E-state index >= 15 is 0 Å². The van der Waals surface area contributed by atoms with Crippen LogP contribution in [0.15, 0.2) is 30.3 Å². The number of nitrogens with zero attached hydrogens (tertiary/aromatic N) is 1. The molecule has 24 heavy (non-hydrogen) atoms. The standard InChI is InChI=1S/C17H17N3O3S/c1-9-3-5-10(6-4-9)12-7-11(8-22-2)13-14(18)16(23-17(19)21)24-15(13)20-12/h3-7H,8,18H2,1-2H3,(H2,19,21). The number of ether oxygens (including phenoxy) is 2. The predicted octanol–water partition coefficient (Wildman–Crippen LogP) is 3.46. The van der Waals surface area contributed by atoms with Crippen LogP contribution in [-0.4, -0.2) is 18.2 Å². The molecule has 6 nitrogen and oxygen atoms in total. The first kappa shape index (κ1) is 16.2. The van der Waals surface area contributed by atoms with Crippen molar-refractivity contribution in [2.75, 3.05) is 12.8 Å². The fourth-order valence-electron chi connectivity index (χ4n) is 2.49. The molecule has 0 aliphatic rings. The van der Waals surface area contributed by atoms with Crippen LogP contribution < -0.4 is 16.2 Å². The van der Waals surface area contributed by atoms with Crippen molar-refractivity contribution in [2.24, 2.45) is 5.73 Å². The fraction of sp³-hybridized carbons (Fsp3) is 0.176. The molecule has 1 aromatic carbocycles. The number of pyridine rings is 1. The highest BCUT2D eigenvalue weighted by Crippen LogP contribution is 2.42. The molecule has 3 rings (SSSR count). The number of benzene rings is 1. The van der Waals surface area contributed by atoms with Crippen LogP contribution in [0.25, 0.3) is 21.5 Å². The molecule has 0 bridgehead atoms. The summed E-state index contributed by atoms with van der Waals surface area (Å²) in [5, 5.41) is 0.984. The monoisotopic (exact) mass is 343 g/mol. The van der Waals surface area contributed by atoms with Crippen LogP contribution in [0.1, 0.15) is 11.1 Å². The number of hydrogen-bond acceptors (Lipinski definition) is 6. The predicted molar refractivity (Wildman–Crippen MR) is 95.1 cm³/mol. The molecular formula is C17H17N3O3S. The van der Waals surface area contributed by atoms with Gasteiger partial charge in [-0.3, -0.25) is 0 Å². The minimum absolute atomic E-state index is 0.253. The summed E-state index contributed by atoms with van der Waals surface area (Å²) in [4.78, 5) is 16.4. The molecular weight excluding hydrogens is 326 g/mol. The molecule has 0 aliphatic carbocycles. The molecule has 124 valence electrons. The lowest BCUT2D eigenvalue weighted by Gasteiger charge is -2.07. The van der Waals surface area contributed by atoms with Crippen LogP contribution in [0.5, 0.6) is 5.06 Å². The van der Waals surface area contributed by atoms with E-state index in [0.717, 1.165) is 22.2 Å². The second kappa shape index (κ2) is 6.46. The Hall–Kier alpha value is -2.64. The number of carbonyl (C=O) groups excluding carboxylic acids is 1. The van der Waals surface area contributed by atoms with E-state index in [1.807, 2.05) is 37.3 Å². The Balaban J connectivity index is 2.19. The van der Waals surface area contributed by atoms with Crippen LogP contribution in [0.3, 0.4) is 0 Å². The number of thiophene rings is 1. The zero-order chi connectivity index (χ0) is 17.3. The van der Waals surface area contributed by atoms with Gasteiger partial charge >= 0.3 is 6.09 Å². The second-order valence-electron chi connectivity index (χ2n) is 5.37. The molecule has 3 aromatic rings. The summed E-state index contributed by atoms with van der Waals surface area (Å²) >= 11 is 1.19. The molecule has 0 aliphatic heterocycles. The summed E-state index contributed by atoms with van der Waals surface area (Å²) in [6.07, 6.45) is -0.902. The van der Waals surface area contributed by atoms with E-state index in [4.69, 9.17) is 20.9 Å². The van der Waals surface area contributed by atoms with Crippen molar-refractivity contribution in [2.45, 2.75) is 13.5 Å². The molecule has 0 spiro atoms. The summed E-state index contributed by atoms with van der Waals surface area (Å²) in [6.45, 7) is 2.40. The third-order valence-corrected chi connectivity index (χ3v) is 4.56. The number of hydrogen-bond donors (Lipinski definition) is 2. The van der Waals surface area contributed by atoms with Gasteiger partial charge in [0.05, 0.1) is 18.0 Å². The van der Waals surface area contributed by atoms with E-state index in [9.17, 15) is 4.79 Å². The maximum atomic E-state index is 11.0. The quantitative estimate of drug-likeness (QED) is 0.755. The highest BCUT2D eigenvalue weighted by atomic mass is 32.1. The lowest BCUT2D eigenvalue weighted by Crippen LogP contribution is -2.16. The van der Waals surface area contributed by atoms with Crippen molar-refractivity contribution < 1.29 is 14.3 Å². The van der Waals surface area contributed by atoms with Crippen molar-refractivity contribution >= 4 is 33.3 Å². The van der Waals surface area contributed by atoms with Gasteiger partial charge in [0.25, 0.3) is 0 Å². The Labute approximate surface area is 143 Å². The first-order valence-electron chi connectivity index (χ1n) is 7.24. The zero-order valence-electron chi connectivity index (χ0n) is 13.3. The van der Waals surface area contributed by atoms with E-state index < -0.39 is 6.09 Å². The highest BCUT2D eigenvalue weighted by Gasteiger charge is 2.18. The molecule has 0 radical (unpaired) electrons. The van der Waals surface area contributed by atoms with Crippen LogP contribution >= 0.6 is 11.3 Å². The van der Waals surface area contributed by atoms with Gasteiger partial charge in [0.1, 0.15) is 4.83 Å². The minimum Gasteiger partial charge on any atom is -0.397 e. The van der Waals surface area contributed by atoms with Crippen LogP contribution in [-0.2, 0) is 11.3 Å². The van der Waals surface area contributed by atoms with Crippen molar-refractivity contribution in [1.29, 1.82) is 0 Å². The molecule has 0 unspecified atom stereocenters.